The molecule has 0 atom stereocenters. The number of nitrogens with zero attached hydrogens (tertiary/aromatic N) is 1. The van der Waals surface area contributed by atoms with E-state index >= 15 is 0 Å². The maximum atomic E-state index is 11.8. The van der Waals surface area contributed by atoms with Crippen LogP contribution in [-0.2, 0) is 9.53 Å². The van der Waals surface area contributed by atoms with Gasteiger partial charge in [0.25, 0.3) is 5.91 Å². The van der Waals surface area contributed by atoms with Crippen molar-refractivity contribution in [1.29, 1.82) is 0 Å². The monoisotopic (exact) mass is 340 g/mol. The first-order valence-corrected chi connectivity index (χ1v) is 5.68. The predicted octanol–water partition coefficient (Wildman–Crippen LogP) is 1.68. The minimum Gasteiger partial charge on any atom is -0.452 e. The van der Waals surface area contributed by atoms with Gasteiger partial charge in [-0.05, 0) is 22.0 Å². The maximum absolute atomic E-state index is 11.8. The lowest BCUT2D eigenvalue weighted by molar-refractivity contribution is -0.140. The van der Waals surface area contributed by atoms with Crippen molar-refractivity contribution in [3.63, 3.8) is 0 Å². The fraction of sp³-hybridized carbons (Fsp3) is 0.300. The van der Waals surface area contributed by atoms with E-state index in [9.17, 15) is 22.8 Å². The molecular weight excluding hydrogens is 333 g/mol. The predicted molar refractivity (Wildman–Crippen MR) is 61.3 cm³/mol. The zero-order chi connectivity index (χ0) is 14.5. The number of rotatable bonds is 4. The Balaban J connectivity index is 2.40. The van der Waals surface area contributed by atoms with Gasteiger partial charge in [-0.25, -0.2) is 4.79 Å². The Labute approximate surface area is 114 Å². The highest BCUT2D eigenvalue weighted by atomic mass is 79.9. The fourth-order valence-corrected chi connectivity index (χ4v) is 1.35. The van der Waals surface area contributed by atoms with Crippen LogP contribution in [0.5, 0.6) is 0 Å². The van der Waals surface area contributed by atoms with Crippen molar-refractivity contribution >= 4 is 27.8 Å². The van der Waals surface area contributed by atoms with Gasteiger partial charge in [-0.1, -0.05) is 0 Å². The lowest BCUT2D eigenvalue weighted by Crippen LogP contribution is -2.36. The van der Waals surface area contributed by atoms with E-state index in [4.69, 9.17) is 0 Å². The van der Waals surface area contributed by atoms with Gasteiger partial charge in [-0.3, -0.25) is 9.78 Å². The van der Waals surface area contributed by atoms with E-state index < -0.39 is 31.2 Å². The Morgan fingerprint density at radius 3 is 2.63 bits per heavy atom. The Bertz CT molecular complexity index is 479. The summed E-state index contributed by atoms with van der Waals surface area (Å²) in [6.45, 7) is -2.26. The zero-order valence-electron chi connectivity index (χ0n) is 9.33. The largest absolute Gasteiger partial charge is 0.452 e. The van der Waals surface area contributed by atoms with Crippen molar-refractivity contribution in [3.8, 4) is 0 Å². The lowest BCUT2D eigenvalue weighted by atomic mass is 10.3. The van der Waals surface area contributed by atoms with Gasteiger partial charge in [-0.15, -0.1) is 0 Å². The molecule has 1 aromatic heterocycles. The fourth-order valence-electron chi connectivity index (χ4n) is 0.988. The first-order chi connectivity index (χ1) is 8.78. The number of carbonyl (C=O) groups is 2. The SMILES string of the molecule is O=C(COC(=O)c1cncc(Br)c1)NCC(F)(F)F. The second-order valence-electron chi connectivity index (χ2n) is 3.36. The average Bonchev–Trinajstić information content (AvgIpc) is 2.32. The van der Waals surface area contributed by atoms with Crippen LogP contribution in [0.2, 0.25) is 0 Å². The Morgan fingerprint density at radius 1 is 1.37 bits per heavy atom. The molecule has 0 bridgehead atoms. The molecule has 1 rings (SSSR count). The summed E-state index contributed by atoms with van der Waals surface area (Å²) >= 11 is 3.08. The quantitative estimate of drug-likeness (QED) is 0.847. The molecule has 0 saturated heterocycles. The maximum Gasteiger partial charge on any atom is 0.405 e. The number of aromatic nitrogens is 1. The number of alkyl halides is 3. The Hall–Kier alpha value is -1.64. The van der Waals surface area contributed by atoms with Crippen molar-refractivity contribution in [3.05, 3.63) is 28.5 Å². The molecule has 1 aromatic rings. The molecule has 0 aromatic carbocycles. The van der Waals surface area contributed by atoms with Crippen LogP contribution in [0.1, 0.15) is 10.4 Å². The van der Waals surface area contributed by atoms with Crippen LogP contribution in [0.25, 0.3) is 0 Å². The number of esters is 1. The molecule has 5 nitrogen and oxygen atoms in total. The van der Waals surface area contributed by atoms with E-state index in [2.05, 4.69) is 25.7 Å². The average molecular weight is 341 g/mol. The molecule has 0 aliphatic carbocycles. The van der Waals surface area contributed by atoms with Crippen molar-refractivity contribution in [2.45, 2.75) is 6.18 Å². The van der Waals surface area contributed by atoms with Gasteiger partial charge in [-0.2, -0.15) is 13.2 Å². The van der Waals surface area contributed by atoms with Gasteiger partial charge in [0.05, 0.1) is 5.56 Å². The Kier molecular flexibility index (Phi) is 5.28. The number of hydrogen-bond acceptors (Lipinski definition) is 4. The summed E-state index contributed by atoms with van der Waals surface area (Å²) in [6.07, 6.45) is -1.86. The topological polar surface area (TPSA) is 68.3 Å². The number of hydrogen-bond donors (Lipinski definition) is 1. The minimum atomic E-state index is -4.51. The van der Waals surface area contributed by atoms with Gasteiger partial charge in [0.1, 0.15) is 6.54 Å². The molecule has 1 N–H and O–H groups in total. The molecule has 0 saturated carbocycles. The van der Waals surface area contributed by atoms with Crippen LogP contribution >= 0.6 is 15.9 Å². The van der Waals surface area contributed by atoms with E-state index in [0.29, 0.717) is 4.47 Å². The van der Waals surface area contributed by atoms with Gasteiger partial charge in [0.2, 0.25) is 0 Å². The standard InChI is InChI=1S/C10H8BrF3N2O3/c11-7-1-6(2-15-3-7)9(18)19-4-8(17)16-5-10(12,13)14/h1-3H,4-5H2,(H,16,17). The van der Waals surface area contributed by atoms with Gasteiger partial charge in [0, 0.05) is 16.9 Å². The third-order valence-electron chi connectivity index (χ3n) is 1.76. The molecule has 1 amide bonds. The van der Waals surface area contributed by atoms with Crippen molar-refractivity contribution in [2.24, 2.45) is 0 Å². The summed E-state index contributed by atoms with van der Waals surface area (Å²) in [7, 11) is 0. The number of carbonyl (C=O) groups excluding carboxylic acids is 2. The highest BCUT2D eigenvalue weighted by Crippen LogP contribution is 2.12. The number of pyridine rings is 1. The summed E-state index contributed by atoms with van der Waals surface area (Å²) in [5.74, 6) is -1.88. The van der Waals surface area contributed by atoms with E-state index in [0.717, 1.165) is 0 Å². The molecule has 104 valence electrons. The van der Waals surface area contributed by atoms with Gasteiger partial charge < -0.3 is 10.1 Å². The minimum absolute atomic E-state index is 0.0815. The Morgan fingerprint density at radius 2 is 2.05 bits per heavy atom. The summed E-state index contributed by atoms with van der Waals surface area (Å²) in [6, 6.07) is 1.41. The zero-order valence-corrected chi connectivity index (χ0v) is 10.9. The van der Waals surface area contributed by atoms with E-state index in [-0.39, 0.29) is 5.56 Å². The van der Waals surface area contributed by atoms with Crippen molar-refractivity contribution in [1.82, 2.24) is 10.3 Å². The normalized spacial score (nSPS) is 10.9. The molecule has 0 fully saturated rings. The van der Waals surface area contributed by atoms with Crippen LogP contribution in [0.15, 0.2) is 22.9 Å². The van der Waals surface area contributed by atoms with Crippen molar-refractivity contribution in [2.75, 3.05) is 13.2 Å². The first kappa shape index (κ1) is 15.4. The smallest absolute Gasteiger partial charge is 0.405 e. The molecule has 0 aliphatic heterocycles. The third-order valence-corrected chi connectivity index (χ3v) is 2.19. The lowest BCUT2D eigenvalue weighted by Gasteiger charge is -2.08. The second kappa shape index (κ2) is 6.50. The number of halogens is 4. The summed E-state index contributed by atoms with van der Waals surface area (Å²) in [5, 5.41) is 1.57. The van der Waals surface area contributed by atoms with Crippen LogP contribution in [0.3, 0.4) is 0 Å². The molecule has 0 radical (unpaired) electrons. The molecule has 0 spiro atoms. The third kappa shape index (κ3) is 6.18. The number of nitrogens with one attached hydrogen (secondary N) is 1. The molecule has 0 unspecified atom stereocenters. The molecular formula is C10H8BrF3N2O3. The molecule has 0 aliphatic rings. The first-order valence-electron chi connectivity index (χ1n) is 4.89. The summed E-state index contributed by atoms with van der Waals surface area (Å²) < 4.78 is 40.4. The van der Waals surface area contributed by atoms with Gasteiger partial charge in [0.15, 0.2) is 6.61 Å². The van der Waals surface area contributed by atoms with Crippen molar-refractivity contribution < 1.29 is 27.5 Å². The molecule has 1 heterocycles. The highest BCUT2D eigenvalue weighted by molar-refractivity contribution is 9.10. The summed E-state index contributed by atoms with van der Waals surface area (Å²) in [4.78, 5) is 26.1. The van der Waals surface area contributed by atoms with Gasteiger partial charge >= 0.3 is 12.1 Å². The van der Waals surface area contributed by atoms with Crippen LogP contribution in [0.4, 0.5) is 13.2 Å². The van der Waals surface area contributed by atoms with Crippen LogP contribution in [0, 0.1) is 0 Å². The van der Waals surface area contributed by atoms with Crippen LogP contribution < -0.4 is 5.32 Å². The second-order valence-corrected chi connectivity index (χ2v) is 4.28. The number of ether oxygens (including phenoxy) is 1. The van der Waals surface area contributed by atoms with E-state index in [1.165, 1.54) is 18.5 Å². The summed E-state index contributed by atoms with van der Waals surface area (Å²) in [5.41, 5.74) is 0.0815. The van der Waals surface area contributed by atoms with Crippen LogP contribution in [-0.4, -0.2) is 36.2 Å². The molecule has 9 heteroatoms. The highest BCUT2D eigenvalue weighted by Gasteiger charge is 2.27. The van der Waals surface area contributed by atoms with E-state index in [1.807, 2.05) is 0 Å². The number of amides is 1. The van der Waals surface area contributed by atoms with E-state index in [1.54, 1.807) is 5.32 Å². The molecule has 19 heavy (non-hydrogen) atoms.